The monoisotopic (exact) mass is 280 g/mol. The van der Waals surface area contributed by atoms with Crippen LogP contribution in [0.3, 0.4) is 0 Å². The Balaban J connectivity index is 2.20. The normalized spacial score (nSPS) is 10.1. The van der Waals surface area contributed by atoms with Crippen LogP contribution in [0.25, 0.3) is 0 Å². The largest absolute Gasteiger partial charge is 0.452 e. The van der Waals surface area contributed by atoms with Crippen molar-refractivity contribution < 1.29 is 19.1 Å². The summed E-state index contributed by atoms with van der Waals surface area (Å²) in [5.41, 5.74) is 6.44. The number of hydrogen-bond donors (Lipinski definition) is 2. The molecule has 0 saturated heterocycles. The van der Waals surface area contributed by atoms with Crippen LogP contribution in [0.1, 0.15) is 23.7 Å². The second kappa shape index (κ2) is 8.92. The smallest absolute Gasteiger partial charge is 0.338 e. The van der Waals surface area contributed by atoms with Gasteiger partial charge in [-0.1, -0.05) is 0 Å². The molecule has 110 valence electrons. The van der Waals surface area contributed by atoms with Crippen LogP contribution in [-0.4, -0.2) is 38.2 Å². The molecule has 0 bridgehead atoms. The fourth-order valence-corrected chi connectivity index (χ4v) is 1.43. The third kappa shape index (κ3) is 6.19. The number of esters is 1. The van der Waals surface area contributed by atoms with Crippen molar-refractivity contribution >= 4 is 17.6 Å². The molecule has 1 aromatic carbocycles. The predicted octanol–water partition coefficient (Wildman–Crippen LogP) is 0.968. The lowest BCUT2D eigenvalue weighted by atomic mass is 10.2. The fraction of sp³-hybridized carbons (Fsp3) is 0.429. The van der Waals surface area contributed by atoms with Gasteiger partial charge in [0.1, 0.15) is 0 Å². The Morgan fingerprint density at radius 1 is 1.25 bits per heavy atom. The molecule has 0 unspecified atom stereocenters. The van der Waals surface area contributed by atoms with E-state index < -0.39 is 5.97 Å². The SMILES string of the molecule is CCOCCCNC(=O)COC(=O)c1ccc(N)cc1. The minimum Gasteiger partial charge on any atom is -0.452 e. The fourth-order valence-electron chi connectivity index (χ4n) is 1.43. The minimum absolute atomic E-state index is 0.294. The second-order valence-corrected chi connectivity index (χ2v) is 4.10. The van der Waals surface area contributed by atoms with Crippen LogP contribution in [0.5, 0.6) is 0 Å². The lowest BCUT2D eigenvalue weighted by molar-refractivity contribution is -0.124. The van der Waals surface area contributed by atoms with Crippen molar-refractivity contribution in [3.05, 3.63) is 29.8 Å². The first-order valence-electron chi connectivity index (χ1n) is 6.50. The molecule has 0 aliphatic rings. The number of nitrogen functional groups attached to an aromatic ring is 1. The van der Waals surface area contributed by atoms with Gasteiger partial charge in [-0.25, -0.2) is 4.79 Å². The van der Waals surface area contributed by atoms with Crippen LogP contribution in [0.4, 0.5) is 5.69 Å². The van der Waals surface area contributed by atoms with E-state index in [0.717, 1.165) is 6.42 Å². The van der Waals surface area contributed by atoms with Gasteiger partial charge in [-0.2, -0.15) is 0 Å². The zero-order valence-electron chi connectivity index (χ0n) is 11.6. The summed E-state index contributed by atoms with van der Waals surface area (Å²) >= 11 is 0. The van der Waals surface area contributed by atoms with E-state index in [4.69, 9.17) is 15.2 Å². The van der Waals surface area contributed by atoms with Crippen LogP contribution >= 0.6 is 0 Å². The van der Waals surface area contributed by atoms with E-state index in [0.29, 0.717) is 31.0 Å². The molecule has 0 heterocycles. The van der Waals surface area contributed by atoms with Gasteiger partial charge in [0.05, 0.1) is 5.56 Å². The van der Waals surface area contributed by atoms with Crippen molar-refractivity contribution in [1.29, 1.82) is 0 Å². The first-order chi connectivity index (χ1) is 9.63. The van der Waals surface area contributed by atoms with Gasteiger partial charge in [-0.15, -0.1) is 0 Å². The van der Waals surface area contributed by atoms with Crippen LogP contribution < -0.4 is 11.1 Å². The number of rotatable bonds is 8. The standard InChI is InChI=1S/C14H20N2O4/c1-2-19-9-3-8-16-13(17)10-20-14(18)11-4-6-12(15)7-5-11/h4-7H,2-3,8-10,15H2,1H3,(H,16,17). The van der Waals surface area contributed by atoms with Crippen molar-refractivity contribution in [2.24, 2.45) is 0 Å². The molecule has 0 atom stereocenters. The zero-order valence-corrected chi connectivity index (χ0v) is 11.6. The number of carbonyl (C=O) groups is 2. The van der Waals surface area contributed by atoms with Crippen molar-refractivity contribution in [2.75, 3.05) is 32.1 Å². The molecule has 0 radical (unpaired) electrons. The van der Waals surface area contributed by atoms with Gasteiger partial charge in [0, 0.05) is 25.4 Å². The third-order valence-corrected chi connectivity index (χ3v) is 2.47. The average Bonchev–Trinajstić information content (AvgIpc) is 2.45. The number of nitrogens with one attached hydrogen (secondary N) is 1. The molecular weight excluding hydrogens is 260 g/mol. The highest BCUT2D eigenvalue weighted by Gasteiger charge is 2.09. The van der Waals surface area contributed by atoms with Crippen molar-refractivity contribution in [3.63, 3.8) is 0 Å². The lowest BCUT2D eigenvalue weighted by Crippen LogP contribution is -2.30. The van der Waals surface area contributed by atoms with E-state index >= 15 is 0 Å². The summed E-state index contributed by atoms with van der Waals surface area (Å²) in [6.45, 7) is 3.38. The van der Waals surface area contributed by atoms with Crippen LogP contribution in [0.2, 0.25) is 0 Å². The third-order valence-electron chi connectivity index (χ3n) is 2.47. The van der Waals surface area contributed by atoms with Gasteiger partial charge in [0.2, 0.25) is 0 Å². The first-order valence-corrected chi connectivity index (χ1v) is 6.50. The summed E-state index contributed by atoms with van der Waals surface area (Å²) < 4.78 is 10.0. The number of benzene rings is 1. The molecule has 3 N–H and O–H groups in total. The first kappa shape index (κ1) is 16.0. The van der Waals surface area contributed by atoms with E-state index in [9.17, 15) is 9.59 Å². The van der Waals surface area contributed by atoms with Gasteiger partial charge in [-0.05, 0) is 37.6 Å². The molecule has 0 fully saturated rings. The van der Waals surface area contributed by atoms with Gasteiger partial charge in [0.25, 0.3) is 5.91 Å². The Hall–Kier alpha value is -2.08. The molecule has 6 nitrogen and oxygen atoms in total. The highest BCUT2D eigenvalue weighted by molar-refractivity contribution is 5.91. The maximum atomic E-state index is 11.6. The Morgan fingerprint density at radius 3 is 2.60 bits per heavy atom. The molecule has 1 aromatic rings. The summed E-state index contributed by atoms with van der Waals surface area (Å²) in [5, 5.41) is 2.64. The number of anilines is 1. The van der Waals surface area contributed by atoms with Crippen LogP contribution in [-0.2, 0) is 14.3 Å². The van der Waals surface area contributed by atoms with Crippen LogP contribution in [0.15, 0.2) is 24.3 Å². The Labute approximate surface area is 118 Å². The van der Waals surface area contributed by atoms with Crippen molar-refractivity contribution in [1.82, 2.24) is 5.32 Å². The number of nitrogens with two attached hydrogens (primary N) is 1. The number of carbonyl (C=O) groups excluding carboxylic acids is 2. The molecule has 0 spiro atoms. The topological polar surface area (TPSA) is 90.6 Å². The summed E-state index contributed by atoms with van der Waals surface area (Å²) in [6.07, 6.45) is 0.728. The molecule has 0 aromatic heterocycles. The molecular formula is C14H20N2O4. The maximum absolute atomic E-state index is 11.6. The Bertz CT molecular complexity index is 431. The molecule has 0 saturated carbocycles. The summed E-state index contributed by atoms with van der Waals surface area (Å²) in [7, 11) is 0. The van der Waals surface area contributed by atoms with E-state index in [2.05, 4.69) is 5.32 Å². The van der Waals surface area contributed by atoms with Gasteiger partial charge in [-0.3, -0.25) is 4.79 Å². The molecule has 1 rings (SSSR count). The summed E-state index contributed by atoms with van der Waals surface area (Å²) in [6, 6.07) is 6.31. The number of amides is 1. The quantitative estimate of drug-likeness (QED) is 0.420. The zero-order chi connectivity index (χ0) is 14.8. The van der Waals surface area contributed by atoms with Crippen LogP contribution in [0, 0.1) is 0 Å². The Kier molecular flexibility index (Phi) is 7.13. The minimum atomic E-state index is -0.547. The van der Waals surface area contributed by atoms with Gasteiger partial charge in [0.15, 0.2) is 6.61 Å². The van der Waals surface area contributed by atoms with E-state index in [1.165, 1.54) is 0 Å². The molecule has 1 amide bonds. The Morgan fingerprint density at radius 2 is 1.95 bits per heavy atom. The molecule has 6 heteroatoms. The van der Waals surface area contributed by atoms with Gasteiger partial charge < -0.3 is 20.5 Å². The van der Waals surface area contributed by atoms with E-state index in [1.54, 1.807) is 24.3 Å². The highest BCUT2D eigenvalue weighted by Crippen LogP contribution is 2.06. The molecule has 0 aliphatic heterocycles. The maximum Gasteiger partial charge on any atom is 0.338 e. The second-order valence-electron chi connectivity index (χ2n) is 4.10. The highest BCUT2D eigenvalue weighted by atomic mass is 16.5. The van der Waals surface area contributed by atoms with E-state index in [-0.39, 0.29) is 12.5 Å². The van der Waals surface area contributed by atoms with E-state index in [1.807, 2.05) is 6.92 Å². The molecule has 20 heavy (non-hydrogen) atoms. The van der Waals surface area contributed by atoms with Gasteiger partial charge >= 0.3 is 5.97 Å². The molecule has 0 aliphatic carbocycles. The average molecular weight is 280 g/mol. The summed E-state index contributed by atoms with van der Waals surface area (Å²) in [5.74, 6) is -0.875. The summed E-state index contributed by atoms with van der Waals surface area (Å²) in [4.78, 5) is 23.0. The number of ether oxygens (including phenoxy) is 2. The predicted molar refractivity (Wildman–Crippen MR) is 75.3 cm³/mol. The number of hydrogen-bond acceptors (Lipinski definition) is 5. The lowest BCUT2D eigenvalue weighted by Gasteiger charge is -2.07. The van der Waals surface area contributed by atoms with Crippen molar-refractivity contribution in [2.45, 2.75) is 13.3 Å². The van der Waals surface area contributed by atoms with Crippen molar-refractivity contribution in [3.8, 4) is 0 Å².